The Morgan fingerprint density at radius 2 is 1.74 bits per heavy atom. The Kier molecular flexibility index (Phi) is 4.05. The number of nitrogens with zero attached hydrogens (tertiary/aromatic N) is 1. The first-order valence-corrected chi connectivity index (χ1v) is 9.56. The SMILES string of the molecule is Cc1ccc2c(c1)C(=O)CC21CCN(C2CCCCCC2)CC1. The average molecular weight is 311 g/mol. The molecule has 1 heterocycles. The smallest absolute Gasteiger partial charge is 0.164 e. The molecule has 23 heavy (non-hydrogen) atoms. The van der Waals surface area contributed by atoms with E-state index in [-0.39, 0.29) is 5.41 Å². The molecule has 0 atom stereocenters. The number of carbonyl (C=O) groups is 1. The summed E-state index contributed by atoms with van der Waals surface area (Å²) in [7, 11) is 0. The van der Waals surface area contributed by atoms with Crippen molar-refractivity contribution in [3.8, 4) is 0 Å². The number of Topliss-reactive ketones (excluding diaryl/α,β-unsaturated/α-hetero) is 1. The van der Waals surface area contributed by atoms with E-state index in [9.17, 15) is 4.79 Å². The number of aryl methyl sites for hydroxylation is 1. The molecule has 1 aromatic carbocycles. The molecule has 1 aliphatic heterocycles. The fraction of sp³-hybridized carbons (Fsp3) is 0.667. The summed E-state index contributed by atoms with van der Waals surface area (Å²) in [6, 6.07) is 7.36. The molecule has 1 saturated carbocycles. The van der Waals surface area contributed by atoms with E-state index in [1.807, 2.05) is 0 Å². The van der Waals surface area contributed by atoms with Crippen molar-refractivity contribution in [3.05, 3.63) is 34.9 Å². The Hall–Kier alpha value is -1.15. The zero-order chi connectivity index (χ0) is 15.9. The normalized spacial score (nSPS) is 25.5. The molecule has 0 unspecified atom stereocenters. The Morgan fingerprint density at radius 3 is 2.43 bits per heavy atom. The molecule has 1 saturated heterocycles. The van der Waals surface area contributed by atoms with Gasteiger partial charge in [0, 0.05) is 23.4 Å². The van der Waals surface area contributed by atoms with E-state index in [1.54, 1.807) is 0 Å². The summed E-state index contributed by atoms with van der Waals surface area (Å²) in [5.41, 5.74) is 3.74. The third kappa shape index (κ3) is 2.76. The van der Waals surface area contributed by atoms with Crippen molar-refractivity contribution in [3.63, 3.8) is 0 Å². The monoisotopic (exact) mass is 311 g/mol. The molecule has 124 valence electrons. The Balaban J connectivity index is 1.50. The maximum Gasteiger partial charge on any atom is 0.164 e. The minimum Gasteiger partial charge on any atom is -0.300 e. The van der Waals surface area contributed by atoms with Crippen LogP contribution in [0.2, 0.25) is 0 Å². The van der Waals surface area contributed by atoms with Crippen LogP contribution < -0.4 is 0 Å². The van der Waals surface area contributed by atoms with Gasteiger partial charge in [0.2, 0.25) is 0 Å². The van der Waals surface area contributed by atoms with Gasteiger partial charge in [-0.2, -0.15) is 0 Å². The number of ketones is 1. The lowest BCUT2D eigenvalue weighted by molar-refractivity contribution is 0.0866. The van der Waals surface area contributed by atoms with Gasteiger partial charge in [0.25, 0.3) is 0 Å². The Morgan fingerprint density at radius 1 is 1.04 bits per heavy atom. The van der Waals surface area contributed by atoms with Crippen LogP contribution in [0.15, 0.2) is 18.2 Å². The standard InChI is InChI=1S/C21H29NO/c1-16-8-9-19-18(14-16)20(23)15-21(19)10-12-22(13-11-21)17-6-4-2-3-5-7-17/h8-9,14,17H,2-7,10-13,15H2,1H3. The third-order valence-corrected chi connectivity index (χ3v) is 6.64. The molecule has 0 radical (unpaired) electrons. The molecule has 2 nitrogen and oxygen atoms in total. The van der Waals surface area contributed by atoms with Gasteiger partial charge in [0.15, 0.2) is 5.78 Å². The maximum atomic E-state index is 12.5. The van der Waals surface area contributed by atoms with Crippen molar-refractivity contribution < 1.29 is 4.79 Å². The molecule has 1 aromatic rings. The van der Waals surface area contributed by atoms with Crippen LogP contribution in [-0.2, 0) is 5.41 Å². The summed E-state index contributed by atoms with van der Waals surface area (Å²) in [5.74, 6) is 0.381. The molecular weight excluding hydrogens is 282 g/mol. The minimum absolute atomic E-state index is 0.154. The number of piperidine rings is 1. The van der Waals surface area contributed by atoms with E-state index in [0.29, 0.717) is 5.78 Å². The third-order valence-electron chi connectivity index (χ3n) is 6.64. The summed E-state index contributed by atoms with van der Waals surface area (Å²) < 4.78 is 0. The fourth-order valence-corrected chi connectivity index (χ4v) is 5.24. The van der Waals surface area contributed by atoms with Gasteiger partial charge in [-0.15, -0.1) is 0 Å². The summed E-state index contributed by atoms with van der Waals surface area (Å²) in [6.45, 7) is 4.46. The van der Waals surface area contributed by atoms with Crippen LogP contribution in [0.3, 0.4) is 0 Å². The van der Waals surface area contributed by atoms with Crippen LogP contribution in [0.5, 0.6) is 0 Å². The number of carbonyl (C=O) groups excluding carboxylic acids is 1. The van der Waals surface area contributed by atoms with E-state index in [0.717, 1.165) is 18.0 Å². The highest BCUT2D eigenvalue weighted by Crippen LogP contribution is 2.47. The van der Waals surface area contributed by atoms with E-state index in [4.69, 9.17) is 0 Å². The molecule has 0 N–H and O–H groups in total. The molecule has 2 aliphatic carbocycles. The van der Waals surface area contributed by atoms with Crippen molar-refractivity contribution in [2.45, 2.75) is 76.2 Å². The highest BCUT2D eigenvalue weighted by molar-refractivity contribution is 6.02. The summed E-state index contributed by atoms with van der Waals surface area (Å²) in [5, 5.41) is 0. The Bertz CT molecular complexity index is 590. The van der Waals surface area contributed by atoms with E-state index in [1.165, 1.54) is 75.6 Å². The van der Waals surface area contributed by atoms with Gasteiger partial charge in [0.05, 0.1) is 0 Å². The van der Waals surface area contributed by atoms with Gasteiger partial charge in [-0.1, -0.05) is 43.4 Å². The van der Waals surface area contributed by atoms with Gasteiger partial charge >= 0.3 is 0 Å². The van der Waals surface area contributed by atoms with Crippen LogP contribution >= 0.6 is 0 Å². The van der Waals surface area contributed by atoms with Crippen molar-refractivity contribution in [1.82, 2.24) is 4.90 Å². The van der Waals surface area contributed by atoms with Gasteiger partial charge in [0.1, 0.15) is 0 Å². The van der Waals surface area contributed by atoms with E-state index < -0.39 is 0 Å². The number of hydrogen-bond donors (Lipinski definition) is 0. The second kappa shape index (κ2) is 6.05. The van der Waals surface area contributed by atoms with Crippen LogP contribution in [0, 0.1) is 6.92 Å². The number of likely N-dealkylation sites (tertiary alicyclic amines) is 1. The highest BCUT2D eigenvalue weighted by Gasteiger charge is 2.45. The maximum absolute atomic E-state index is 12.5. The first-order chi connectivity index (χ1) is 11.2. The first-order valence-electron chi connectivity index (χ1n) is 9.56. The largest absolute Gasteiger partial charge is 0.300 e. The topological polar surface area (TPSA) is 20.3 Å². The number of hydrogen-bond acceptors (Lipinski definition) is 2. The zero-order valence-corrected chi connectivity index (χ0v) is 14.4. The second-order valence-electron chi connectivity index (χ2n) is 8.11. The fourth-order valence-electron chi connectivity index (χ4n) is 5.24. The molecule has 2 fully saturated rings. The lowest BCUT2D eigenvalue weighted by atomic mass is 9.73. The molecule has 3 aliphatic rings. The number of rotatable bonds is 1. The second-order valence-corrected chi connectivity index (χ2v) is 8.11. The van der Waals surface area contributed by atoms with E-state index in [2.05, 4.69) is 30.0 Å². The predicted molar refractivity (Wildman–Crippen MR) is 94.1 cm³/mol. The van der Waals surface area contributed by atoms with Crippen molar-refractivity contribution >= 4 is 5.78 Å². The van der Waals surface area contributed by atoms with Crippen LogP contribution in [-0.4, -0.2) is 29.8 Å². The van der Waals surface area contributed by atoms with Crippen LogP contribution in [0.25, 0.3) is 0 Å². The predicted octanol–water partition coefficient (Wildman–Crippen LogP) is 4.64. The summed E-state index contributed by atoms with van der Waals surface area (Å²) >= 11 is 0. The number of benzene rings is 1. The zero-order valence-electron chi connectivity index (χ0n) is 14.4. The summed E-state index contributed by atoms with van der Waals surface area (Å²) in [6.07, 6.45) is 11.6. The molecule has 4 rings (SSSR count). The lowest BCUT2D eigenvalue weighted by Gasteiger charge is -2.43. The van der Waals surface area contributed by atoms with Gasteiger partial charge in [-0.3, -0.25) is 4.79 Å². The Labute approximate surface area is 140 Å². The quantitative estimate of drug-likeness (QED) is 0.704. The van der Waals surface area contributed by atoms with Crippen molar-refractivity contribution in [2.24, 2.45) is 0 Å². The molecular formula is C21H29NO. The van der Waals surface area contributed by atoms with Crippen molar-refractivity contribution in [1.29, 1.82) is 0 Å². The lowest BCUT2D eigenvalue weighted by Crippen LogP contribution is -2.46. The molecule has 1 spiro atoms. The molecule has 0 bridgehead atoms. The van der Waals surface area contributed by atoms with Gasteiger partial charge in [-0.05, 0) is 57.3 Å². The van der Waals surface area contributed by atoms with Crippen molar-refractivity contribution in [2.75, 3.05) is 13.1 Å². The number of fused-ring (bicyclic) bond motifs is 2. The molecule has 2 heteroatoms. The minimum atomic E-state index is 0.154. The highest BCUT2D eigenvalue weighted by atomic mass is 16.1. The van der Waals surface area contributed by atoms with Crippen LogP contribution in [0.4, 0.5) is 0 Å². The van der Waals surface area contributed by atoms with E-state index >= 15 is 0 Å². The average Bonchev–Trinajstić information content (AvgIpc) is 2.75. The summed E-state index contributed by atoms with van der Waals surface area (Å²) in [4.78, 5) is 15.2. The van der Waals surface area contributed by atoms with Gasteiger partial charge in [-0.25, -0.2) is 0 Å². The van der Waals surface area contributed by atoms with Gasteiger partial charge < -0.3 is 4.90 Å². The molecule has 0 amide bonds. The van der Waals surface area contributed by atoms with Crippen LogP contribution in [0.1, 0.15) is 79.3 Å². The molecule has 0 aromatic heterocycles. The first kappa shape index (κ1) is 15.4.